The second-order valence-electron chi connectivity index (χ2n) is 14.5. The molecule has 0 aliphatic heterocycles. The zero-order chi connectivity index (χ0) is 39.2. The van der Waals surface area contributed by atoms with E-state index in [9.17, 15) is 39.8 Å². The van der Waals surface area contributed by atoms with Crippen molar-refractivity contribution in [3.63, 3.8) is 0 Å². The highest BCUT2D eigenvalue weighted by atomic mass is 31.2. The Balaban J connectivity index is 2.46. The van der Waals surface area contributed by atoms with Crippen LogP contribution in [0, 0.1) is 0 Å². The fraction of sp³-hybridized carbons (Fsp3) is 0.875. The fourth-order valence-electron chi connectivity index (χ4n) is 6.21. The Bertz CT molecular complexity index is 979. The first-order valence-corrected chi connectivity index (χ1v) is 22.2. The average molecular weight is 779 g/mol. The standard InChI is InChI=1S/C40H75O12P/c1-3-5-7-9-11-13-15-16-17-18-19-21-23-25-27-29-34(41)51-33(31-49-30-28-26-24-22-20-14-12-10-8-6-4-2)32-50-53(47,48)52-40-38(45)36(43)35(42)37(44)39(40)46/h11,13,16-17,33,35-40,42-46H,3-10,12,14-15,18-32H2,1-2H3,(H,47,48)/b13-11-,17-16-. The number of phosphoric ester groups is 1. The van der Waals surface area contributed by atoms with Crippen molar-refractivity contribution >= 4 is 13.8 Å². The van der Waals surface area contributed by atoms with E-state index in [1.54, 1.807) is 0 Å². The lowest BCUT2D eigenvalue weighted by molar-refractivity contribution is -0.220. The number of aliphatic hydroxyl groups is 5. The number of hydrogen-bond acceptors (Lipinski definition) is 11. The topological polar surface area (TPSA) is 192 Å². The molecule has 6 atom stereocenters. The van der Waals surface area contributed by atoms with Gasteiger partial charge in [0, 0.05) is 13.0 Å². The van der Waals surface area contributed by atoms with Gasteiger partial charge in [-0.2, -0.15) is 0 Å². The third-order valence-electron chi connectivity index (χ3n) is 9.58. The number of phosphoric acid groups is 1. The lowest BCUT2D eigenvalue weighted by Crippen LogP contribution is -2.64. The number of carbonyl (C=O) groups excluding carboxylic acids is 1. The fourth-order valence-corrected chi connectivity index (χ4v) is 7.18. The summed E-state index contributed by atoms with van der Waals surface area (Å²) in [5.41, 5.74) is 0. The first kappa shape index (κ1) is 49.8. The second kappa shape index (κ2) is 32.0. The zero-order valence-corrected chi connectivity index (χ0v) is 33.7. The molecule has 312 valence electrons. The third-order valence-corrected chi connectivity index (χ3v) is 10.6. The summed E-state index contributed by atoms with van der Waals surface area (Å²) in [6.45, 7) is 4.19. The van der Waals surface area contributed by atoms with Gasteiger partial charge in [-0.25, -0.2) is 4.57 Å². The van der Waals surface area contributed by atoms with E-state index >= 15 is 0 Å². The van der Waals surface area contributed by atoms with E-state index in [1.165, 1.54) is 70.6 Å². The maximum Gasteiger partial charge on any atom is 0.472 e. The highest BCUT2D eigenvalue weighted by molar-refractivity contribution is 7.47. The van der Waals surface area contributed by atoms with Crippen LogP contribution in [0.1, 0.15) is 162 Å². The molecule has 6 N–H and O–H groups in total. The van der Waals surface area contributed by atoms with E-state index in [0.717, 1.165) is 64.2 Å². The maximum absolute atomic E-state index is 12.8. The maximum atomic E-state index is 12.8. The molecular formula is C40H75O12P. The lowest BCUT2D eigenvalue weighted by atomic mass is 9.85. The van der Waals surface area contributed by atoms with Gasteiger partial charge in [-0.05, 0) is 44.9 Å². The highest BCUT2D eigenvalue weighted by Gasteiger charge is 2.51. The Morgan fingerprint density at radius 2 is 1.06 bits per heavy atom. The van der Waals surface area contributed by atoms with Crippen molar-refractivity contribution in [3.05, 3.63) is 24.3 Å². The summed E-state index contributed by atoms with van der Waals surface area (Å²) < 4.78 is 34.0. The largest absolute Gasteiger partial charge is 0.472 e. The van der Waals surface area contributed by atoms with E-state index in [4.69, 9.17) is 18.5 Å². The molecule has 12 nitrogen and oxygen atoms in total. The van der Waals surface area contributed by atoms with Crippen molar-refractivity contribution in [2.45, 2.75) is 204 Å². The van der Waals surface area contributed by atoms with Gasteiger partial charge in [0.2, 0.25) is 0 Å². The predicted molar refractivity (Wildman–Crippen MR) is 207 cm³/mol. The van der Waals surface area contributed by atoms with Crippen molar-refractivity contribution in [2.75, 3.05) is 19.8 Å². The number of allylic oxidation sites excluding steroid dienone is 4. The summed E-state index contributed by atoms with van der Waals surface area (Å²) in [5, 5.41) is 50.0. The molecule has 1 aliphatic carbocycles. The van der Waals surface area contributed by atoms with Crippen LogP contribution in [0.5, 0.6) is 0 Å². The SMILES string of the molecule is CCCCC/C=C\C/C=C\CCCCCCCC(=O)OC(COCCCCCCCCCCCCC)COP(=O)(O)OC1C(O)C(O)C(O)C(O)C1O. The van der Waals surface area contributed by atoms with Crippen molar-refractivity contribution in [2.24, 2.45) is 0 Å². The van der Waals surface area contributed by atoms with Crippen molar-refractivity contribution < 1.29 is 58.3 Å². The van der Waals surface area contributed by atoms with Crippen LogP contribution in [-0.4, -0.2) is 98.9 Å². The Labute approximate surface area is 320 Å². The summed E-state index contributed by atoms with van der Waals surface area (Å²) in [5.74, 6) is -0.491. The second-order valence-corrected chi connectivity index (χ2v) is 15.9. The summed E-state index contributed by atoms with van der Waals surface area (Å²) in [7, 11) is -5.01. The van der Waals surface area contributed by atoms with Crippen LogP contribution >= 0.6 is 7.82 Å². The van der Waals surface area contributed by atoms with Crippen LogP contribution in [0.3, 0.4) is 0 Å². The Kier molecular flexibility index (Phi) is 30.1. The molecule has 1 saturated carbocycles. The molecule has 53 heavy (non-hydrogen) atoms. The summed E-state index contributed by atoms with van der Waals surface area (Å²) in [6, 6.07) is 0. The number of aliphatic hydroxyl groups excluding tert-OH is 5. The van der Waals surface area contributed by atoms with Crippen molar-refractivity contribution in [1.29, 1.82) is 0 Å². The summed E-state index contributed by atoms with van der Waals surface area (Å²) >= 11 is 0. The minimum Gasteiger partial charge on any atom is -0.457 e. The van der Waals surface area contributed by atoms with E-state index < -0.39 is 63.1 Å². The molecule has 0 saturated heterocycles. The quantitative estimate of drug-likeness (QED) is 0.0165. The third kappa shape index (κ3) is 24.8. The number of hydrogen-bond donors (Lipinski definition) is 6. The van der Waals surface area contributed by atoms with Crippen molar-refractivity contribution in [1.82, 2.24) is 0 Å². The van der Waals surface area contributed by atoms with E-state index in [0.29, 0.717) is 13.0 Å². The van der Waals surface area contributed by atoms with Gasteiger partial charge in [0.15, 0.2) is 0 Å². The van der Waals surface area contributed by atoms with Gasteiger partial charge in [0.05, 0.1) is 13.2 Å². The molecule has 0 radical (unpaired) electrons. The van der Waals surface area contributed by atoms with E-state index in [1.807, 2.05) is 0 Å². The number of unbranched alkanes of at least 4 members (excludes halogenated alkanes) is 18. The van der Waals surface area contributed by atoms with Gasteiger partial charge < -0.3 is 39.9 Å². The van der Waals surface area contributed by atoms with Gasteiger partial charge in [-0.3, -0.25) is 13.8 Å². The summed E-state index contributed by atoms with van der Waals surface area (Å²) in [6.07, 6.45) is 21.1. The van der Waals surface area contributed by atoms with Crippen molar-refractivity contribution in [3.8, 4) is 0 Å². The molecule has 0 bridgehead atoms. The molecule has 0 spiro atoms. The molecule has 1 rings (SSSR count). The van der Waals surface area contributed by atoms with Gasteiger partial charge >= 0.3 is 13.8 Å². The minimum absolute atomic E-state index is 0.0794. The zero-order valence-electron chi connectivity index (χ0n) is 32.8. The number of ether oxygens (including phenoxy) is 2. The molecule has 1 aliphatic rings. The molecule has 0 aromatic carbocycles. The van der Waals surface area contributed by atoms with Gasteiger partial charge in [-0.1, -0.05) is 134 Å². The molecule has 0 amide bonds. The molecule has 0 aromatic rings. The van der Waals surface area contributed by atoms with Crippen LogP contribution < -0.4 is 0 Å². The summed E-state index contributed by atoms with van der Waals surface area (Å²) in [4.78, 5) is 23.0. The molecule has 0 heterocycles. The molecule has 1 fully saturated rings. The number of esters is 1. The van der Waals surface area contributed by atoms with Crippen LogP contribution in [-0.2, 0) is 27.9 Å². The number of rotatable bonds is 34. The first-order valence-electron chi connectivity index (χ1n) is 20.7. The number of carbonyl (C=O) groups is 1. The lowest BCUT2D eigenvalue weighted by Gasteiger charge is -2.41. The Hall–Kier alpha value is -1.18. The van der Waals surface area contributed by atoms with Gasteiger partial charge in [0.25, 0.3) is 0 Å². The smallest absolute Gasteiger partial charge is 0.457 e. The highest BCUT2D eigenvalue weighted by Crippen LogP contribution is 2.47. The molecule has 0 aromatic heterocycles. The first-order chi connectivity index (χ1) is 25.5. The predicted octanol–water partition coefficient (Wildman–Crippen LogP) is 7.36. The van der Waals surface area contributed by atoms with E-state index in [2.05, 4.69) is 38.2 Å². The van der Waals surface area contributed by atoms with E-state index in [-0.39, 0.29) is 13.0 Å². The Morgan fingerprint density at radius 1 is 0.604 bits per heavy atom. The molecule has 13 heteroatoms. The monoisotopic (exact) mass is 778 g/mol. The minimum atomic E-state index is -5.01. The average Bonchev–Trinajstić information content (AvgIpc) is 3.14. The van der Waals surface area contributed by atoms with Crippen LogP contribution in [0.25, 0.3) is 0 Å². The van der Waals surface area contributed by atoms with Crippen LogP contribution in [0.4, 0.5) is 0 Å². The molecular weight excluding hydrogens is 703 g/mol. The van der Waals surface area contributed by atoms with Crippen LogP contribution in [0.2, 0.25) is 0 Å². The van der Waals surface area contributed by atoms with Crippen LogP contribution in [0.15, 0.2) is 24.3 Å². The normalized spacial score (nSPS) is 23.8. The van der Waals surface area contributed by atoms with Gasteiger partial charge in [-0.15, -0.1) is 0 Å². The Morgan fingerprint density at radius 3 is 1.62 bits per heavy atom. The molecule has 6 unspecified atom stereocenters. The van der Waals surface area contributed by atoms with Gasteiger partial charge in [0.1, 0.15) is 42.7 Å².